The predicted octanol–water partition coefficient (Wildman–Crippen LogP) is 1.83. The predicted molar refractivity (Wildman–Crippen MR) is 92.0 cm³/mol. The molecule has 0 amide bonds. The van der Waals surface area contributed by atoms with Gasteiger partial charge >= 0.3 is 0 Å². The zero-order valence-corrected chi connectivity index (χ0v) is 15.0. The number of hydrogen-bond acceptors (Lipinski definition) is 6. The van der Waals surface area contributed by atoms with Crippen LogP contribution in [0.5, 0.6) is 0 Å². The van der Waals surface area contributed by atoms with Gasteiger partial charge in [0.15, 0.2) is 0 Å². The van der Waals surface area contributed by atoms with Gasteiger partial charge in [0.1, 0.15) is 6.07 Å². The molecule has 0 radical (unpaired) electrons. The molecule has 1 saturated heterocycles. The minimum absolute atomic E-state index is 0.0936. The van der Waals surface area contributed by atoms with Crippen LogP contribution in [0.1, 0.15) is 16.3 Å². The summed E-state index contributed by atoms with van der Waals surface area (Å²) in [4.78, 5) is 6.75. The average molecular weight is 362 g/mol. The molecule has 2 aromatic rings. The zero-order valence-electron chi connectivity index (χ0n) is 13.3. The van der Waals surface area contributed by atoms with E-state index in [4.69, 9.17) is 5.26 Å². The molecule has 0 bridgehead atoms. The van der Waals surface area contributed by atoms with Gasteiger partial charge in [0.25, 0.3) is 0 Å². The van der Waals surface area contributed by atoms with Crippen LogP contribution >= 0.6 is 11.3 Å². The van der Waals surface area contributed by atoms with Crippen LogP contribution in [0.25, 0.3) is 0 Å². The second-order valence-corrected chi connectivity index (χ2v) is 8.61. The Balaban J connectivity index is 1.68. The molecule has 1 aliphatic rings. The van der Waals surface area contributed by atoms with E-state index < -0.39 is 10.0 Å². The molecule has 126 valence electrons. The van der Waals surface area contributed by atoms with Crippen LogP contribution in [0, 0.1) is 18.3 Å². The Morgan fingerprint density at radius 2 is 1.96 bits per heavy atom. The third kappa shape index (κ3) is 3.49. The number of sulfonamides is 1. The second-order valence-electron chi connectivity index (χ2n) is 5.65. The van der Waals surface area contributed by atoms with Crippen LogP contribution in [0.3, 0.4) is 0 Å². The van der Waals surface area contributed by atoms with Crippen molar-refractivity contribution in [2.75, 3.05) is 26.2 Å². The van der Waals surface area contributed by atoms with Crippen LogP contribution in [-0.4, -0.2) is 48.8 Å². The summed E-state index contributed by atoms with van der Waals surface area (Å²) < 4.78 is 27.0. The largest absolute Gasteiger partial charge is 0.295 e. The van der Waals surface area contributed by atoms with Crippen molar-refractivity contribution in [2.24, 2.45) is 0 Å². The van der Waals surface area contributed by atoms with Crippen molar-refractivity contribution in [1.82, 2.24) is 14.2 Å². The Labute approximate surface area is 146 Å². The lowest BCUT2D eigenvalue weighted by molar-refractivity contribution is 0.180. The summed E-state index contributed by atoms with van der Waals surface area (Å²) in [5.74, 6) is 0. The van der Waals surface area contributed by atoms with E-state index >= 15 is 0 Å². The average Bonchev–Trinajstić information content (AvgIpc) is 3.00. The number of piperazine rings is 1. The first-order valence-electron chi connectivity index (χ1n) is 7.63. The number of benzene rings is 1. The Morgan fingerprint density at radius 1 is 1.25 bits per heavy atom. The van der Waals surface area contributed by atoms with Crippen molar-refractivity contribution >= 4 is 21.4 Å². The van der Waals surface area contributed by atoms with Gasteiger partial charge in [-0.3, -0.25) is 4.90 Å². The van der Waals surface area contributed by atoms with Gasteiger partial charge in [-0.2, -0.15) is 9.57 Å². The molecule has 0 spiro atoms. The van der Waals surface area contributed by atoms with Crippen LogP contribution in [0.4, 0.5) is 0 Å². The number of nitriles is 1. The number of aryl methyl sites for hydroxylation is 1. The molecule has 8 heteroatoms. The van der Waals surface area contributed by atoms with E-state index in [-0.39, 0.29) is 10.5 Å². The number of nitrogens with zero attached hydrogens (tertiary/aromatic N) is 4. The topological polar surface area (TPSA) is 77.3 Å². The first-order chi connectivity index (χ1) is 11.5. The molecular formula is C16H18N4O2S2. The monoisotopic (exact) mass is 362 g/mol. The quantitative estimate of drug-likeness (QED) is 0.829. The minimum atomic E-state index is -3.63. The van der Waals surface area contributed by atoms with Crippen molar-refractivity contribution in [3.8, 4) is 6.07 Å². The van der Waals surface area contributed by atoms with Gasteiger partial charge in [-0.15, -0.1) is 11.3 Å². The molecule has 3 rings (SSSR count). The third-order valence-electron chi connectivity index (χ3n) is 4.01. The summed E-state index contributed by atoms with van der Waals surface area (Å²) in [6.07, 6.45) is 0. The van der Waals surface area contributed by atoms with E-state index in [9.17, 15) is 8.42 Å². The first kappa shape index (κ1) is 17.0. The maximum Gasteiger partial charge on any atom is 0.244 e. The molecule has 1 aromatic heterocycles. The smallest absolute Gasteiger partial charge is 0.244 e. The summed E-state index contributed by atoms with van der Waals surface area (Å²) in [5.41, 5.74) is 1.22. The number of aromatic nitrogens is 1. The van der Waals surface area contributed by atoms with Crippen molar-refractivity contribution in [3.05, 3.63) is 45.9 Å². The lowest BCUT2D eigenvalue weighted by Crippen LogP contribution is -2.48. The third-order valence-corrected chi connectivity index (χ3v) is 6.79. The number of thiazole rings is 1. The Hall–Kier alpha value is -1.79. The molecular weight excluding hydrogens is 344 g/mol. The summed E-state index contributed by atoms with van der Waals surface area (Å²) in [6.45, 7) is 4.88. The highest BCUT2D eigenvalue weighted by molar-refractivity contribution is 7.89. The van der Waals surface area contributed by atoms with Crippen molar-refractivity contribution in [3.63, 3.8) is 0 Å². The van der Waals surface area contributed by atoms with Crippen LogP contribution in [-0.2, 0) is 16.6 Å². The number of hydrogen-bond donors (Lipinski definition) is 0. The highest BCUT2D eigenvalue weighted by atomic mass is 32.2. The Bertz CT molecular complexity index is 862. The van der Waals surface area contributed by atoms with E-state index in [0.717, 1.165) is 17.2 Å². The highest BCUT2D eigenvalue weighted by Gasteiger charge is 2.30. The van der Waals surface area contributed by atoms with Gasteiger partial charge in [-0.1, -0.05) is 12.1 Å². The maximum atomic E-state index is 12.8. The molecule has 24 heavy (non-hydrogen) atoms. The fraction of sp³-hybridized carbons (Fsp3) is 0.375. The van der Waals surface area contributed by atoms with Crippen LogP contribution in [0.15, 0.2) is 34.5 Å². The standard InChI is InChI=1S/C16H18N4O2S2/c1-13-18-15(12-23-13)11-19-6-8-20(9-7-19)24(21,22)16-5-3-2-4-14(16)10-17/h2-5,12H,6-9,11H2,1H3. The summed E-state index contributed by atoms with van der Waals surface area (Å²) in [7, 11) is -3.63. The van der Waals surface area contributed by atoms with E-state index in [2.05, 4.69) is 9.88 Å². The Morgan fingerprint density at radius 3 is 2.58 bits per heavy atom. The molecule has 0 aliphatic carbocycles. The van der Waals surface area contributed by atoms with Gasteiger partial charge < -0.3 is 0 Å². The van der Waals surface area contributed by atoms with Gasteiger partial charge in [0, 0.05) is 38.1 Å². The van der Waals surface area contributed by atoms with Crippen LogP contribution in [0.2, 0.25) is 0 Å². The molecule has 0 unspecified atom stereocenters. The lowest BCUT2D eigenvalue weighted by atomic mass is 10.2. The van der Waals surface area contributed by atoms with Gasteiger partial charge in [-0.25, -0.2) is 13.4 Å². The van der Waals surface area contributed by atoms with E-state index in [1.54, 1.807) is 23.5 Å². The molecule has 6 nitrogen and oxygen atoms in total. The molecule has 0 atom stereocenters. The molecule has 0 N–H and O–H groups in total. The molecule has 2 heterocycles. The first-order valence-corrected chi connectivity index (χ1v) is 9.95. The molecule has 0 saturated carbocycles. The Kier molecular flexibility index (Phi) is 4.96. The summed E-state index contributed by atoms with van der Waals surface area (Å²) >= 11 is 1.62. The normalized spacial score (nSPS) is 16.8. The lowest BCUT2D eigenvalue weighted by Gasteiger charge is -2.33. The highest BCUT2D eigenvalue weighted by Crippen LogP contribution is 2.21. The molecule has 1 fully saturated rings. The summed E-state index contributed by atoms with van der Waals surface area (Å²) in [5, 5.41) is 12.2. The minimum Gasteiger partial charge on any atom is -0.295 e. The molecule has 1 aliphatic heterocycles. The maximum absolute atomic E-state index is 12.8. The van der Waals surface area contributed by atoms with E-state index in [1.165, 1.54) is 16.4 Å². The fourth-order valence-corrected chi connectivity index (χ4v) is 4.93. The van der Waals surface area contributed by atoms with Crippen molar-refractivity contribution in [2.45, 2.75) is 18.4 Å². The van der Waals surface area contributed by atoms with Crippen LogP contribution < -0.4 is 0 Å². The second kappa shape index (κ2) is 6.99. The summed E-state index contributed by atoms with van der Waals surface area (Å²) in [6, 6.07) is 8.31. The molecule has 1 aromatic carbocycles. The van der Waals surface area contributed by atoms with Gasteiger partial charge in [-0.05, 0) is 19.1 Å². The van der Waals surface area contributed by atoms with E-state index in [1.807, 2.05) is 18.4 Å². The van der Waals surface area contributed by atoms with Crippen molar-refractivity contribution < 1.29 is 8.42 Å². The fourth-order valence-electron chi connectivity index (χ4n) is 2.76. The van der Waals surface area contributed by atoms with Gasteiger partial charge in [0.2, 0.25) is 10.0 Å². The zero-order chi connectivity index (χ0) is 17.2. The van der Waals surface area contributed by atoms with E-state index in [0.29, 0.717) is 26.2 Å². The van der Waals surface area contributed by atoms with Gasteiger partial charge in [0.05, 0.1) is 21.2 Å². The number of rotatable bonds is 4. The van der Waals surface area contributed by atoms with Crippen molar-refractivity contribution in [1.29, 1.82) is 5.26 Å². The SMILES string of the molecule is Cc1nc(CN2CCN(S(=O)(=O)c3ccccc3C#N)CC2)cs1.